The maximum atomic E-state index is 13.0. The minimum Gasteiger partial charge on any atom is -0.497 e. The van der Waals surface area contributed by atoms with Gasteiger partial charge in [-0.2, -0.15) is 0 Å². The number of rotatable bonds is 5. The van der Waals surface area contributed by atoms with Crippen molar-refractivity contribution in [2.45, 2.75) is 18.9 Å². The highest BCUT2D eigenvalue weighted by molar-refractivity contribution is 8.26. The molecule has 2 heterocycles. The molecule has 1 amide bonds. The molecule has 0 aromatic heterocycles. The van der Waals surface area contributed by atoms with Gasteiger partial charge >= 0.3 is 0 Å². The number of ether oxygens (including phenoxy) is 3. The van der Waals surface area contributed by atoms with Crippen molar-refractivity contribution in [3.8, 4) is 11.5 Å². The molecule has 2 aliphatic heterocycles. The molecule has 0 saturated carbocycles. The van der Waals surface area contributed by atoms with Crippen LogP contribution in [0.2, 0.25) is 0 Å². The smallest absolute Gasteiger partial charge is 0.266 e. The molecule has 2 aliphatic rings. The lowest BCUT2D eigenvalue weighted by Crippen LogP contribution is -2.35. The van der Waals surface area contributed by atoms with E-state index < -0.39 is 0 Å². The van der Waals surface area contributed by atoms with E-state index in [9.17, 15) is 4.79 Å². The topological polar surface area (TPSA) is 48.0 Å². The van der Waals surface area contributed by atoms with Crippen LogP contribution in [0, 0.1) is 0 Å². The molecule has 0 unspecified atom stereocenters. The third-order valence-corrected chi connectivity index (χ3v) is 6.39. The van der Waals surface area contributed by atoms with Gasteiger partial charge in [0, 0.05) is 12.2 Å². The van der Waals surface area contributed by atoms with Gasteiger partial charge in [-0.05, 0) is 47.9 Å². The molecular formula is C21H21NO4S2. The second kappa shape index (κ2) is 8.11. The molecule has 0 spiro atoms. The highest BCUT2D eigenvalue weighted by atomic mass is 32.2. The van der Waals surface area contributed by atoms with Crippen molar-refractivity contribution in [3.05, 3.63) is 40.8 Å². The Morgan fingerprint density at radius 2 is 2.11 bits per heavy atom. The molecule has 28 heavy (non-hydrogen) atoms. The number of hydrogen-bond donors (Lipinski definition) is 0. The molecule has 1 atom stereocenters. The van der Waals surface area contributed by atoms with Crippen LogP contribution >= 0.6 is 24.0 Å². The van der Waals surface area contributed by atoms with Gasteiger partial charge in [-0.25, -0.2) is 0 Å². The summed E-state index contributed by atoms with van der Waals surface area (Å²) in [4.78, 5) is 15.2. The van der Waals surface area contributed by atoms with Crippen molar-refractivity contribution < 1.29 is 19.0 Å². The first-order valence-electron chi connectivity index (χ1n) is 9.12. The van der Waals surface area contributed by atoms with Crippen LogP contribution in [0.5, 0.6) is 11.5 Å². The first-order chi connectivity index (χ1) is 13.6. The maximum Gasteiger partial charge on any atom is 0.266 e. The Morgan fingerprint density at radius 3 is 2.82 bits per heavy atom. The van der Waals surface area contributed by atoms with Crippen molar-refractivity contribution in [1.82, 2.24) is 4.90 Å². The number of benzene rings is 2. The van der Waals surface area contributed by atoms with Gasteiger partial charge in [0.2, 0.25) is 0 Å². The summed E-state index contributed by atoms with van der Waals surface area (Å²) in [6, 6.07) is 9.77. The van der Waals surface area contributed by atoms with Gasteiger partial charge in [0.15, 0.2) is 0 Å². The standard InChI is InChI=1S/C21H21NO4S2/c1-24-14-7-5-13-6-8-18(25-2)17(16(13)10-14)11-19-20(23)22(21(27)28-19)12-15-4-3-9-26-15/h5-8,10-11,15H,3-4,9,12H2,1-2H3/b19-11-/t15-/m0/s1. The molecule has 2 aromatic carbocycles. The van der Waals surface area contributed by atoms with Gasteiger partial charge < -0.3 is 14.2 Å². The SMILES string of the molecule is COc1ccc2ccc(OC)c(/C=C3\SC(=S)N(C[C@@H]4CCCO4)C3=O)c2c1. The van der Waals surface area contributed by atoms with E-state index in [1.165, 1.54) is 11.8 Å². The molecule has 0 radical (unpaired) electrons. The van der Waals surface area contributed by atoms with E-state index in [0.717, 1.165) is 41.5 Å². The van der Waals surface area contributed by atoms with Crippen LogP contribution in [0.15, 0.2) is 35.2 Å². The molecular weight excluding hydrogens is 394 g/mol. The molecule has 0 bridgehead atoms. The fraction of sp³-hybridized carbons (Fsp3) is 0.333. The van der Waals surface area contributed by atoms with Crippen molar-refractivity contribution in [3.63, 3.8) is 0 Å². The van der Waals surface area contributed by atoms with Gasteiger partial charge in [0.1, 0.15) is 15.8 Å². The van der Waals surface area contributed by atoms with Crippen LogP contribution in [0.1, 0.15) is 18.4 Å². The molecule has 4 rings (SSSR count). The minimum atomic E-state index is -0.0764. The van der Waals surface area contributed by atoms with Crippen LogP contribution in [0.4, 0.5) is 0 Å². The van der Waals surface area contributed by atoms with E-state index in [1.807, 2.05) is 36.4 Å². The van der Waals surface area contributed by atoms with Gasteiger partial charge in [0.05, 0.1) is 31.8 Å². The summed E-state index contributed by atoms with van der Waals surface area (Å²) < 4.78 is 17.2. The summed E-state index contributed by atoms with van der Waals surface area (Å²) in [5.41, 5.74) is 0.844. The molecule has 0 aliphatic carbocycles. The Labute approximate surface area is 173 Å². The van der Waals surface area contributed by atoms with E-state index in [1.54, 1.807) is 19.1 Å². The lowest BCUT2D eigenvalue weighted by atomic mass is 10.0. The van der Waals surface area contributed by atoms with E-state index >= 15 is 0 Å². The molecule has 2 aromatic rings. The lowest BCUT2D eigenvalue weighted by molar-refractivity contribution is -0.123. The highest BCUT2D eigenvalue weighted by Gasteiger charge is 2.34. The van der Waals surface area contributed by atoms with E-state index in [-0.39, 0.29) is 12.0 Å². The summed E-state index contributed by atoms with van der Waals surface area (Å²) in [7, 11) is 3.26. The van der Waals surface area contributed by atoms with E-state index in [0.29, 0.717) is 21.5 Å². The van der Waals surface area contributed by atoms with E-state index in [4.69, 9.17) is 26.4 Å². The molecule has 7 heteroatoms. The average molecular weight is 416 g/mol. The summed E-state index contributed by atoms with van der Waals surface area (Å²) in [5.74, 6) is 1.37. The average Bonchev–Trinajstić information content (AvgIpc) is 3.32. The minimum absolute atomic E-state index is 0.0678. The second-order valence-electron chi connectivity index (χ2n) is 6.70. The summed E-state index contributed by atoms with van der Waals surface area (Å²) in [6.07, 6.45) is 3.94. The number of methoxy groups -OCH3 is 2. The third-order valence-electron chi connectivity index (χ3n) is 5.01. The zero-order chi connectivity index (χ0) is 19.7. The number of fused-ring (bicyclic) bond motifs is 1. The largest absolute Gasteiger partial charge is 0.497 e. The Morgan fingerprint density at radius 1 is 1.29 bits per heavy atom. The number of thioether (sulfide) groups is 1. The lowest BCUT2D eigenvalue weighted by Gasteiger charge is -2.18. The number of thiocarbonyl (C=S) groups is 1. The number of carbonyl (C=O) groups is 1. The van der Waals surface area contributed by atoms with Crippen molar-refractivity contribution in [2.75, 3.05) is 27.4 Å². The van der Waals surface area contributed by atoms with Gasteiger partial charge in [-0.3, -0.25) is 9.69 Å². The number of amides is 1. The fourth-order valence-electron chi connectivity index (χ4n) is 3.54. The van der Waals surface area contributed by atoms with Crippen LogP contribution in [0.3, 0.4) is 0 Å². The number of carbonyl (C=O) groups excluding carboxylic acids is 1. The maximum absolute atomic E-state index is 13.0. The predicted molar refractivity (Wildman–Crippen MR) is 116 cm³/mol. The molecule has 2 fully saturated rings. The molecule has 0 N–H and O–H groups in total. The number of nitrogens with zero attached hydrogens (tertiary/aromatic N) is 1. The zero-order valence-electron chi connectivity index (χ0n) is 15.8. The molecule has 2 saturated heterocycles. The zero-order valence-corrected chi connectivity index (χ0v) is 17.4. The quantitative estimate of drug-likeness (QED) is 0.538. The highest BCUT2D eigenvalue weighted by Crippen LogP contribution is 2.38. The first-order valence-corrected chi connectivity index (χ1v) is 10.3. The Hall–Kier alpha value is -2.09. The summed E-state index contributed by atoms with van der Waals surface area (Å²) in [5, 5.41) is 2.01. The molecule has 5 nitrogen and oxygen atoms in total. The third kappa shape index (κ3) is 3.62. The van der Waals surface area contributed by atoms with Crippen LogP contribution in [0.25, 0.3) is 16.8 Å². The first kappa shape index (κ1) is 19.2. The van der Waals surface area contributed by atoms with Crippen LogP contribution in [-0.4, -0.2) is 48.6 Å². The fourth-order valence-corrected chi connectivity index (χ4v) is 4.79. The van der Waals surface area contributed by atoms with Gasteiger partial charge in [-0.1, -0.05) is 36.1 Å². The van der Waals surface area contributed by atoms with Gasteiger partial charge in [0.25, 0.3) is 5.91 Å². The summed E-state index contributed by atoms with van der Waals surface area (Å²) >= 11 is 6.79. The molecule has 146 valence electrons. The van der Waals surface area contributed by atoms with E-state index in [2.05, 4.69) is 0 Å². The van der Waals surface area contributed by atoms with Crippen molar-refractivity contribution in [2.24, 2.45) is 0 Å². The number of hydrogen-bond acceptors (Lipinski definition) is 6. The predicted octanol–water partition coefficient (Wildman–Crippen LogP) is 4.24. The van der Waals surface area contributed by atoms with Crippen molar-refractivity contribution >= 4 is 51.1 Å². The van der Waals surface area contributed by atoms with Crippen LogP contribution in [-0.2, 0) is 9.53 Å². The van der Waals surface area contributed by atoms with Gasteiger partial charge in [-0.15, -0.1) is 0 Å². The monoisotopic (exact) mass is 415 g/mol. The second-order valence-corrected chi connectivity index (χ2v) is 8.37. The Bertz CT molecular complexity index is 961. The Balaban J connectivity index is 1.72. The Kier molecular flexibility index (Phi) is 5.57. The van der Waals surface area contributed by atoms with Crippen LogP contribution < -0.4 is 9.47 Å². The summed E-state index contributed by atoms with van der Waals surface area (Å²) in [6.45, 7) is 1.27. The van der Waals surface area contributed by atoms with Crippen molar-refractivity contribution in [1.29, 1.82) is 0 Å². The normalized spacial score (nSPS) is 21.1.